The van der Waals surface area contributed by atoms with Gasteiger partial charge in [-0.25, -0.2) is 12.8 Å². The van der Waals surface area contributed by atoms with E-state index in [0.717, 1.165) is 12.8 Å². The van der Waals surface area contributed by atoms with Crippen LogP contribution in [0.1, 0.15) is 45.2 Å². The molecule has 2 aromatic rings. The third-order valence-corrected chi connectivity index (χ3v) is 7.70. The van der Waals surface area contributed by atoms with Gasteiger partial charge >= 0.3 is 0 Å². The fourth-order valence-electron chi connectivity index (χ4n) is 3.79. The number of anilines is 1. The number of nitrogens with one attached hydrogen (secondary N) is 1. The lowest BCUT2D eigenvalue weighted by atomic mass is 10.1. The van der Waals surface area contributed by atoms with Crippen LogP contribution in [0.4, 0.5) is 10.1 Å². The first-order chi connectivity index (χ1) is 14.8. The normalized spacial score (nSPS) is 15.3. The molecule has 3 rings (SSSR count). The predicted molar refractivity (Wildman–Crippen MR) is 120 cm³/mol. The van der Waals surface area contributed by atoms with Crippen LogP contribution in [0, 0.1) is 5.82 Å². The maximum Gasteiger partial charge on any atom is 0.243 e. The molecule has 8 heteroatoms. The molecule has 1 atom stereocenters. The summed E-state index contributed by atoms with van der Waals surface area (Å²) in [4.78, 5) is 14.9. The van der Waals surface area contributed by atoms with Crippen LogP contribution in [-0.2, 0) is 14.8 Å². The van der Waals surface area contributed by atoms with Crippen LogP contribution >= 0.6 is 0 Å². The van der Waals surface area contributed by atoms with E-state index in [-0.39, 0.29) is 35.2 Å². The minimum Gasteiger partial charge on any atom is -0.325 e. The number of carbonyl (C=O) groups is 1. The minimum absolute atomic E-state index is 0.104. The van der Waals surface area contributed by atoms with Gasteiger partial charge in [-0.2, -0.15) is 4.31 Å². The highest BCUT2D eigenvalue weighted by atomic mass is 32.2. The molecular weight excluding hydrogens is 417 g/mol. The number of rotatable bonds is 10. The maximum absolute atomic E-state index is 14.3. The van der Waals surface area contributed by atoms with Gasteiger partial charge in [0.05, 0.1) is 11.4 Å². The molecule has 0 aliphatic heterocycles. The molecule has 0 bridgehead atoms. The van der Waals surface area contributed by atoms with Crippen molar-refractivity contribution in [2.45, 2.75) is 50.6 Å². The lowest BCUT2D eigenvalue weighted by Crippen LogP contribution is -2.37. The Morgan fingerprint density at radius 3 is 2.42 bits per heavy atom. The molecule has 1 fully saturated rings. The summed E-state index contributed by atoms with van der Waals surface area (Å²) in [7, 11) is -3.61. The van der Waals surface area contributed by atoms with E-state index in [2.05, 4.69) is 5.32 Å². The van der Waals surface area contributed by atoms with Gasteiger partial charge < -0.3 is 5.32 Å². The van der Waals surface area contributed by atoms with Crippen molar-refractivity contribution in [1.82, 2.24) is 9.21 Å². The molecule has 0 heterocycles. The molecule has 1 amide bonds. The molecule has 2 aromatic carbocycles. The molecule has 0 radical (unpaired) electrons. The molecule has 1 aliphatic carbocycles. The van der Waals surface area contributed by atoms with Gasteiger partial charge in [-0.15, -0.1) is 0 Å². The van der Waals surface area contributed by atoms with E-state index in [9.17, 15) is 17.6 Å². The largest absolute Gasteiger partial charge is 0.325 e. The second kappa shape index (κ2) is 9.89. The Morgan fingerprint density at radius 2 is 1.81 bits per heavy atom. The van der Waals surface area contributed by atoms with Crippen LogP contribution in [0.25, 0.3) is 0 Å². The Balaban J connectivity index is 1.73. The molecule has 6 nitrogen and oxygen atoms in total. The highest BCUT2D eigenvalue weighted by Crippen LogP contribution is 2.34. The van der Waals surface area contributed by atoms with E-state index in [1.165, 1.54) is 22.5 Å². The summed E-state index contributed by atoms with van der Waals surface area (Å²) in [6.07, 6.45) is 1.95. The topological polar surface area (TPSA) is 69.7 Å². The van der Waals surface area contributed by atoms with Crippen molar-refractivity contribution in [2.24, 2.45) is 0 Å². The van der Waals surface area contributed by atoms with Gasteiger partial charge in [0.1, 0.15) is 5.82 Å². The van der Waals surface area contributed by atoms with Crippen LogP contribution in [0.5, 0.6) is 0 Å². The number of sulfonamides is 1. The second-order valence-electron chi connectivity index (χ2n) is 7.77. The lowest BCUT2D eigenvalue weighted by Gasteiger charge is -2.29. The summed E-state index contributed by atoms with van der Waals surface area (Å²) in [5.41, 5.74) is 0.988. The van der Waals surface area contributed by atoms with Crippen LogP contribution in [0.3, 0.4) is 0 Å². The minimum atomic E-state index is -3.61. The smallest absolute Gasteiger partial charge is 0.243 e. The van der Waals surface area contributed by atoms with Crippen molar-refractivity contribution < 1.29 is 17.6 Å². The number of benzene rings is 2. The molecule has 1 aliphatic rings. The van der Waals surface area contributed by atoms with Gasteiger partial charge in [0.15, 0.2) is 0 Å². The first kappa shape index (κ1) is 23.4. The quantitative estimate of drug-likeness (QED) is 0.597. The molecule has 0 aromatic heterocycles. The van der Waals surface area contributed by atoms with Crippen LogP contribution in [0.2, 0.25) is 0 Å². The number of hydrogen-bond acceptors (Lipinski definition) is 4. The third-order valence-electron chi connectivity index (χ3n) is 5.66. The molecule has 1 unspecified atom stereocenters. The summed E-state index contributed by atoms with van der Waals surface area (Å²) in [6.45, 7) is 6.33. The number of amides is 1. The second-order valence-corrected chi connectivity index (χ2v) is 9.70. The fourth-order valence-corrected chi connectivity index (χ4v) is 5.30. The Bertz CT molecular complexity index is 1020. The van der Waals surface area contributed by atoms with Crippen molar-refractivity contribution in [1.29, 1.82) is 0 Å². The monoisotopic (exact) mass is 447 g/mol. The first-order valence-corrected chi connectivity index (χ1v) is 12.1. The van der Waals surface area contributed by atoms with Gasteiger partial charge in [-0.05, 0) is 44.0 Å². The van der Waals surface area contributed by atoms with Crippen LogP contribution < -0.4 is 5.32 Å². The van der Waals surface area contributed by atoms with Gasteiger partial charge in [0.2, 0.25) is 15.9 Å². The van der Waals surface area contributed by atoms with Crippen molar-refractivity contribution in [3.63, 3.8) is 0 Å². The summed E-state index contributed by atoms with van der Waals surface area (Å²) < 4.78 is 41.1. The van der Waals surface area contributed by atoms with Gasteiger partial charge in [0.25, 0.3) is 0 Å². The van der Waals surface area contributed by atoms with Crippen molar-refractivity contribution >= 4 is 21.6 Å². The summed E-state index contributed by atoms with van der Waals surface area (Å²) in [6, 6.07) is 12.9. The molecule has 31 heavy (non-hydrogen) atoms. The standard InChI is InChI=1S/C23H30FN3O3S/c1-4-26(5-2)31(29,30)20-10-8-9-18(15-20)25-23(28)16-27(19-13-14-19)17(3)21-11-6-7-12-22(21)24/h6-12,15,17,19H,4-5,13-14,16H2,1-3H3,(H,25,28). The summed E-state index contributed by atoms with van der Waals surface area (Å²) in [5, 5.41) is 2.81. The van der Waals surface area contributed by atoms with Gasteiger partial charge in [0, 0.05) is 36.4 Å². The highest BCUT2D eigenvalue weighted by molar-refractivity contribution is 7.89. The fraction of sp³-hybridized carbons (Fsp3) is 0.435. The van der Waals surface area contributed by atoms with E-state index in [4.69, 9.17) is 0 Å². The molecular formula is C23H30FN3O3S. The van der Waals surface area contributed by atoms with Gasteiger partial charge in [-0.3, -0.25) is 9.69 Å². The number of nitrogens with zero attached hydrogens (tertiary/aromatic N) is 2. The number of halogens is 1. The summed E-state index contributed by atoms with van der Waals surface area (Å²) in [5.74, 6) is -0.539. The van der Waals surface area contributed by atoms with E-state index < -0.39 is 10.0 Å². The Kier molecular flexibility index (Phi) is 7.46. The zero-order valence-electron chi connectivity index (χ0n) is 18.2. The van der Waals surface area contributed by atoms with E-state index in [1.807, 2.05) is 11.8 Å². The molecule has 168 valence electrons. The lowest BCUT2D eigenvalue weighted by molar-refractivity contribution is -0.118. The third kappa shape index (κ3) is 5.50. The Hall–Kier alpha value is -2.29. The Labute approximate surface area is 184 Å². The van der Waals surface area contributed by atoms with Crippen molar-refractivity contribution in [2.75, 3.05) is 25.0 Å². The van der Waals surface area contributed by atoms with E-state index in [0.29, 0.717) is 24.3 Å². The molecule has 0 saturated heterocycles. The van der Waals surface area contributed by atoms with Crippen LogP contribution in [0.15, 0.2) is 53.4 Å². The number of carbonyl (C=O) groups excluding carboxylic acids is 1. The number of hydrogen-bond donors (Lipinski definition) is 1. The predicted octanol–water partition coefficient (Wildman–Crippen LogP) is 4.02. The van der Waals surface area contributed by atoms with E-state index in [1.54, 1.807) is 44.2 Å². The zero-order valence-corrected chi connectivity index (χ0v) is 19.0. The molecule has 1 saturated carbocycles. The first-order valence-electron chi connectivity index (χ1n) is 10.7. The van der Waals surface area contributed by atoms with Gasteiger partial charge in [-0.1, -0.05) is 38.1 Å². The molecule has 0 spiro atoms. The average molecular weight is 448 g/mol. The molecule has 1 N–H and O–H groups in total. The highest BCUT2D eigenvalue weighted by Gasteiger charge is 2.34. The van der Waals surface area contributed by atoms with Crippen molar-refractivity contribution in [3.8, 4) is 0 Å². The summed E-state index contributed by atoms with van der Waals surface area (Å²) >= 11 is 0. The SMILES string of the molecule is CCN(CC)S(=O)(=O)c1cccc(NC(=O)CN(C2CC2)C(C)c2ccccc2F)c1. The zero-order chi connectivity index (χ0) is 22.6. The Morgan fingerprint density at radius 1 is 1.13 bits per heavy atom. The van der Waals surface area contributed by atoms with Crippen LogP contribution in [-0.4, -0.2) is 49.2 Å². The average Bonchev–Trinajstić information content (AvgIpc) is 3.58. The van der Waals surface area contributed by atoms with Crippen molar-refractivity contribution in [3.05, 3.63) is 59.9 Å². The van der Waals surface area contributed by atoms with E-state index >= 15 is 0 Å². The maximum atomic E-state index is 14.3.